The number of amides is 1. The Kier molecular flexibility index (Phi) is 9.25. The van der Waals surface area contributed by atoms with E-state index in [0.717, 1.165) is 19.3 Å². The van der Waals surface area contributed by atoms with Gasteiger partial charge < -0.3 is 15.2 Å². The maximum atomic E-state index is 13.6. The predicted molar refractivity (Wildman–Crippen MR) is 167 cm³/mol. The van der Waals surface area contributed by atoms with Crippen molar-refractivity contribution in [3.05, 3.63) is 52.6 Å². The van der Waals surface area contributed by atoms with E-state index in [1.165, 1.54) is 30.0 Å². The minimum Gasteiger partial charge on any atom is -0.461 e. The zero-order valence-electron chi connectivity index (χ0n) is 26.2. The highest BCUT2D eigenvalue weighted by atomic mass is 32.2. The molecule has 3 fully saturated rings. The molecule has 2 bridgehead atoms. The van der Waals surface area contributed by atoms with Crippen LogP contribution in [0.3, 0.4) is 0 Å². The lowest BCUT2D eigenvalue weighted by Crippen LogP contribution is -2.63. The van der Waals surface area contributed by atoms with Crippen LogP contribution in [0.5, 0.6) is 0 Å². The van der Waals surface area contributed by atoms with E-state index in [0.29, 0.717) is 12.8 Å². The van der Waals surface area contributed by atoms with Crippen LogP contribution in [0.2, 0.25) is 0 Å². The van der Waals surface area contributed by atoms with Crippen molar-refractivity contribution in [1.82, 2.24) is 5.32 Å². The number of carbonyl (C=O) groups is 3. The predicted octanol–water partition coefficient (Wildman–Crippen LogP) is 5.74. The molecule has 3 saturated carbocycles. The summed E-state index contributed by atoms with van der Waals surface area (Å²) in [5.41, 5.74) is -1.92. The number of hydrogen-bond donors (Lipinski definition) is 2. The summed E-state index contributed by atoms with van der Waals surface area (Å²) in [6, 6.07) is 5.77. The second kappa shape index (κ2) is 12.0. The number of ether oxygens (including phenoxy) is 1. The molecule has 10 heteroatoms. The third kappa shape index (κ3) is 5.89. The van der Waals surface area contributed by atoms with E-state index >= 15 is 0 Å². The highest BCUT2D eigenvalue weighted by Gasteiger charge is 2.68. The van der Waals surface area contributed by atoms with Gasteiger partial charge in [0.15, 0.2) is 0 Å². The van der Waals surface area contributed by atoms with Gasteiger partial charge in [-0.25, -0.2) is 0 Å². The van der Waals surface area contributed by atoms with Gasteiger partial charge in [-0.1, -0.05) is 45.9 Å². The fourth-order valence-electron chi connectivity index (χ4n) is 8.21. The highest BCUT2D eigenvalue weighted by Crippen LogP contribution is 2.68. The largest absolute Gasteiger partial charge is 0.461 e. The number of aliphatic hydroxyl groups excluding tert-OH is 1. The van der Waals surface area contributed by atoms with Crippen LogP contribution in [0, 0.1) is 44.1 Å². The fraction of sp³-hybridized carbons (Fsp3) is 0.667. The van der Waals surface area contributed by atoms with Crippen LogP contribution in [0.1, 0.15) is 84.0 Å². The molecule has 236 valence electrons. The summed E-state index contributed by atoms with van der Waals surface area (Å²) in [5.74, 6) is -0.995. The topological polar surface area (TPSA) is 136 Å². The number of hydrogen-bond acceptors (Lipinski definition) is 8. The third-order valence-corrected chi connectivity index (χ3v) is 12.5. The van der Waals surface area contributed by atoms with Gasteiger partial charge in [0.25, 0.3) is 11.6 Å². The van der Waals surface area contributed by atoms with Crippen molar-refractivity contribution in [2.45, 2.75) is 90.6 Å². The van der Waals surface area contributed by atoms with Crippen LogP contribution in [-0.4, -0.2) is 56.9 Å². The smallest absolute Gasteiger partial charge is 0.316 e. The SMILES string of the molecule is C=C[C@]1(C)C[C@@H](OC(=O)CSC(C)(C)CNC(=O)c2ccccc2[N+](=O)[O-])[C@]2(C)[C@H](C)CC[C@]3(CCC(=O)[C@@H]32)[C@@H](C)[C@@H]1O. The lowest BCUT2D eigenvalue weighted by molar-refractivity contribution is -0.385. The summed E-state index contributed by atoms with van der Waals surface area (Å²) in [5, 5.41) is 25.8. The monoisotopic (exact) mass is 614 g/mol. The molecule has 0 aliphatic heterocycles. The number of Topliss-reactive ketones (excluding diaryl/α,β-unsaturated/α-hetero) is 1. The maximum absolute atomic E-state index is 13.6. The number of nitro benzene ring substituents is 1. The average Bonchev–Trinajstić information content (AvgIpc) is 3.33. The first kappa shape index (κ1) is 33.2. The minimum absolute atomic E-state index is 0.0167. The van der Waals surface area contributed by atoms with E-state index < -0.39 is 44.6 Å². The molecule has 9 nitrogen and oxygen atoms in total. The molecule has 0 heterocycles. The first-order valence-corrected chi connectivity index (χ1v) is 16.2. The minimum atomic E-state index is -0.727. The van der Waals surface area contributed by atoms with E-state index in [-0.39, 0.29) is 52.5 Å². The summed E-state index contributed by atoms with van der Waals surface area (Å²) >= 11 is 1.32. The van der Waals surface area contributed by atoms with E-state index in [2.05, 4.69) is 32.7 Å². The van der Waals surface area contributed by atoms with Crippen molar-refractivity contribution >= 4 is 35.1 Å². The number of benzene rings is 1. The molecule has 8 atom stereocenters. The number of rotatable bonds is 9. The van der Waals surface area contributed by atoms with Crippen LogP contribution in [0.4, 0.5) is 5.69 Å². The number of esters is 1. The Hall–Kier alpha value is -2.72. The Morgan fingerprint density at radius 3 is 2.58 bits per heavy atom. The van der Waals surface area contributed by atoms with Gasteiger partial charge in [-0.3, -0.25) is 24.5 Å². The molecule has 3 aliphatic carbocycles. The number of nitrogens with zero attached hydrogens (tertiary/aromatic N) is 1. The number of nitro groups is 1. The first-order valence-electron chi connectivity index (χ1n) is 15.2. The Balaban J connectivity index is 1.50. The fourth-order valence-corrected chi connectivity index (χ4v) is 8.96. The van der Waals surface area contributed by atoms with Gasteiger partial charge in [0.1, 0.15) is 17.5 Å². The quantitative estimate of drug-likeness (QED) is 0.156. The Labute approximate surface area is 258 Å². The van der Waals surface area contributed by atoms with Gasteiger partial charge in [0, 0.05) is 40.5 Å². The summed E-state index contributed by atoms with van der Waals surface area (Å²) in [7, 11) is 0. The number of thioether (sulfide) groups is 1. The van der Waals surface area contributed by atoms with Gasteiger partial charge in [-0.2, -0.15) is 0 Å². The number of aliphatic hydroxyl groups is 1. The number of ketones is 1. The van der Waals surface area contributed by atoms with E-state index in [9.17, 15) is 29.6 Å². The van der Waals surface area contributed by atoms with Gasteiger partial charge in [0.05, 0.1) is 16.8 Å². The molecule has 2 N–H and O–H groups in total. The number of carbonyl (C=O) groups excluding carboxylic acids is 3. The molecular weight excluding hydrogens is 568 g/mol. The van der Waals surface area contributed by atoms with Crippen molar-refractivity contribution in [3.63, 3.8) is 0 Å². The lowest BCUT2D eigenvalue weighted by Gasteiger charge is -2.61. The normalized spacial score (nSPS) is 35.7. The molecule has 0 unspecified atom stereocenters. The standard InChI is InChI=1S/C33H46N2O7S/c1-8-31(6)17-25(32(7)20(2)13-15-33(21(3)28(31)38)16-14-24(36)27(32)33)42-26(37)18-43-30(4,5)19-34-29(39)22-11-9-10-12-23(22)35(40)41/h8-12,20-21,25,27-28,38H,1,13-19H2,2-7H3,(H,34,39)/t20-,21+,25-,27-,28+,31-,32+,33+/m1/s1. The van der Waals surface area contributed by atoms with Crippen LogP contribution >= 0.6 is 11.8 Å². The Morgan fingerprint density at radius 1 is 1.26 bits per heavy atom. The molecule has 3 aliphatic rings. The van der Waals surface area contributed by atoms with Gasteiger partial charge >= 0.3 is 5.97 Å². The van der Waals surface area contributed by atoms with E-state index in [1.807, 2.05) is 20.8 Å². The number of para-hydroxylation sites is 1. The highest BCUT2D eigenvalue weighted by molar-refractivity contribution is 8.01. The summed E-state index contributed by atoms with van der Waals surface area (Å²) in [6.45, 7) is 16.3. The second-order valence-electron chi connectivity index (χ2n) is 14.1. The summed E-state index contributed by atoms with van der Waals surface area (Å²) in [6.07, 6.45) is 3.83. The molecule has 1 aromatic carbocycles. The molecule has 4 rings (SSSR count). The second-order valence-corrected chi connectivity index (χ2v) is 15.8. The van der Waals surface area contributed by atoms with Gasteiger partial charge in [-0.05, 0) is 62.8 Å². The van der Waals surface area contributed by atoms with Crippen LogP contribution in [0.15, 0.2) is 36.9 Å². The molecule has 1 amide bonds. The number of nitrogens with one attached hydrogen (secondary N) is 1. The maximum Gasteiger partial charge on any atom is 0.316 e. The zero-order valence-corrected chi connectivity index (χ0v) is 27.0. The molecule has 43 heavy (non-hydrogen) atoms. The summed E-state index contributed by atoms with van der Waals surface area (Å²) < 4.78 is 5.74. The van der Waals surface area contributed by atoms with Gasteiger partial charge in [0.2, 0.25) is 0 Å². The van der Waals surface area contributed by atoms with Crippen LogP contribution < -0.4 is 5.32 Å². The Morgan fingerprint density at radius 2 is 1.93 bits per heavy atom. The van der Waals surface area contributed by atoms with Crippen LogP contribution in [-0.2, 0) is 14.3 Å². The summed E-state index contributed by atoms with van der Waals surface area (Å²) in [4.78, 5) is 50.5. The van der Waals surface area contributed by atoms with Gasteiger partial charge in [-0.15, -0.1) is 18.3 Å². The Bertz CT molecular complexity index is 1300. The zero-order chi connectivity index (χ0) is 32.0. The molecule has 0 radical (unpaired) electrons. The molecule has 0 spiro atoms. The third-order valence-electron chi connectivity index (χ3n) is 11.2. The van der Waals surface area contributed by atoms with Crippen molar-refractivity contribution in [1.29, 1.82) is 0 Å². The molecule has 0 aromatic heterocycles. The first-order chi connectivity index (χ1) is 20.0. The van der Waals surface area contributed by atoms with Crippen LogP contribution in [0.25, 0.3) is 0 Å². The lowest BCUT2D eigenvalue weighted by atomic mass is 9.44. The van der Waals surface area contributed by atoms with E-state index in [1.54, 1.807) is 12.1 Å². The molecule has 1 aromatic rings. The van der Waals surface area contributed by atoms with Crippen molar-refractivity contribution < 1.29 is 29.2 Å². The van der Waals surface area contributed by atoms with Crippen molar-refractivity contribution in [2.24, 2.45) is 34.0 Å². The molecular formula is C33H46N2O7S. The van der Waals surface area contributed by atoms with E-state index in [4.69, 9.17) is 4.74 Å². The van der Waals surface area contributed by atoms with Crippen molar-refractivity contribution in [3.8, 4) is 0 Å². The average molecular weight is 615 g/mol. The van der Waals surface area contributed by atoms with Crippen molar-refractivity contribution in [2.75, 3.05) is 12.3 Å². The molecule has 0 saturated heterocycles.